The maximum atomic E-state index is 12.7. The molecule has 8 heteroatoms. The van der Waals surface area contributed by atoms with Gasteiger partial charge >= 0.3 is 12.6 Å². The van der Waals surface area contributed by atoms with Gasteiger partial charge < -0.3 is 24.6 Å². The second-order valence-corrected chi connectivity index (χ2v) is 5.64. The fourth-order valence-electron chi connectivity index (χ4n) is 2.59. The third-order valence-electron chi connectivity index (χ3n) is 3.81. The number of rotatable bonds is 8. The number of benzene rings is 2. The van der Waals surface area contributed by atoms with Crippen molar-refractivity contribution >= 4 is 11.7 Å². The van der Waals surface area contributed by atoms with Crippen molar-refractivity contribution in [1.29, 1.82) is 0 Å². The molecule has 0 spiro atoms. The Kier molecular flexibility index (Phi) is 5.40. The van der Waals surface area contributed by atoms with Gasteiger partial charge in [0.25, 0.3) is 0 Å². The van der Waals surface area contributed by atoms with E-state index in [1.54, 1.807) is 12.1 Å². The third-order valence-corrected chi connectivity index (χ3v) is 3.81. The Labute approximate surface area is 148 Å². The lowest BCUT2D eigenvalue weighted by Crippen LogP contribution is -2.07. The first-order chi connectivity index (χ1) is 12.5. The molecule has 3 rings (SSSR count). The zero-order chi connectivity index (χ0) is 18.5. The average Bonchev–Trinajstić information content (AvgIpc) is 3.05. The minimum Gasteiger partial charge on any atom is -0.481 e. The zero-order valence-corrected chi connectivity index (χ0v) is 13.7. The van der Waals surface area contributed by atoms with E-state index in [2.05, 4.69) is 10.1 Å². The van der Waals surface area contributed by atoms with Crippen LogP contribution in [0.25, 0.3) is 0 Å². The van der Waals surface area contributed by atoms with Crippen LogP contribution in [-0.4, -0.2) is 24.5 Å². The molecule has 0 saturated carbocycles. The molecule has 0 saturated heterocycles. The monoisotopic (exact) mass is 365 g/mol. The van der Waals surface area contributed by atoms with E-state index in [0.29, 0.717) is 23.5 Å². The molecule has 26 heavy (non-hydrogen) atoms. The molecule has 0 amide bonds. The Balaban J connectivity index is 1.73. The van der Waals surface area contributed by atoms with E-state index in [9.17, 15) is 13.6 Å². The lowest BCUT2D eigenvalue weighted by molar-refractivity contribution is -0.136. The van der Waals surface area contributed by atoms with E-state index in [4.69, 9.17) is 14.6 Å². The Bertz CT molecular complexity index is 797. The predicted molar refractivity (Wildman–Crippen MR) is 88.9 cm³/mol. The van der Waals surface area contributed by atoms with Gasteiger partial charge in [0.05, 0.1) is 0 Å². The number of carboxylic acids is 1. The summed E-state index contributed by atoms with van der Waals surface area (Å²) in [6.07, 6.45) is 0.451. The van der Waals surface area contributed by atoms with Crippen molar-refractivity contribution in [2.45, 2.75) is 26.0 Å². The summed E-state index contributed by atoms with van der Waals surface area (Å²) < 4.78 is 40.3. The molecule has 0 bridgehead atoms. The molecule has 0 atom stereocenters. The number of halogens is 2. The summed E-state index contributed by atoms with van der Waals surface area (Å²) >= 11 is 0. The third kappa shape index (κ3) is 4.53. The van der Waals surface area contributed by atoms with Crippen LogP contribution in [0.5, 0.6) is 17.2 Å². The Morgan fingerprint density at radius 1 is 1.23 bits per heavy atom. The minimum absolute atomic E-state index is 0.0128. The molecule has 2 aromatic carbocycles. The van der Waals surface area contributed by atoms with Crippen LogP contribution in [0.15, 0.2) is 36.4 Å². The van der Waals surface area contributed by atoms with Gasteiger partial charge in [-0.1, -0.05) is 12.1 Å². The SMILES string of the molecule is O=C(O)CCc1cccc(NCc2cc3c(cc2OC(F)F)OCO3)c1. The van der Waals surface area contributed by atoms with Crippen LogP contribution in [0.1, 0.15) is 17.5 Å². The highest BCUT2D eigenvalue weighted by Gasteiger charge is 2.20. The van der Waals surface area contributed by atoms with Gasteiger partial charge in [0.15, 0.2) is 11.5 Å². The topological polar surface area (TPSA) is 77.0 Å². The molecule has 6 nitrogen and oxygen atoms in total. The fraction of sp³-hybridized carbons (Fsp3) is 0.278. The van der Waals surface area contributed by atoms with E-state index < -0.39 is 12.6 Å². The number of anilines is 1. The molecule has 1 aliphatic heterocycles. The van der Waals surface area contributed by atoms with Gasteiger partial charge in [-0.25, -0.2) is 0 Å². The highest BCUT2D eigenvalue weighted by atomic mass is 19.3. The molecule has 0 unspecified atom stereocenters. The van der Waals surface area contributed by atoms with Crippen molar-refractivity contribution in [3.8, 4) is 17.2 Å². The summed E-state index contributed by atoms with van der Waals surface area (Å²) in [6, 6.07) is 10.3. The van der Waals surface area contributed by atoms with Gasteiger partial charge in [-0.3, -0.25) is 4.79 Å². The largest absolute Gasteiger partial charge is 0.481 e. The molecular formula is C18H17F2NO5. The summed E-state index contributed by atoms with van der Waals surface area (Å²) in [5, 5.41) is 11.9. The van der Waals surface area contributed by atoms with Crippen LogP contribution >= 0.6 is 0 Å². The number of carboxylic acid groups (broad SMARTS) is 1. The summed E-state index contributed by atoms with van der Waals surface area (Å²) in [5.41, 5.74) is 2.10. The van der Waals surface area contributed by atoms with Crippen LogP contribution in [0.2, 0.25) is 0 Å². The number of aryl methyl sites for hydroxylation is 1. The lowest BCUT2D eigenvalue weighted by atomic mass is 10.1. The van der Waals surface area contributed by atoms with Gasteiger partial charge in [-0.15, -0.1) is 0 Å². The summed E-state index contributed by atoms with van der Waals surface area (Å²) in [5.74, 6) is -0.0185. The number of hydrogen-bond acceptors (Lipinski definition) is 5. The normalized spacial score (nSPS) is 12.3. The molecule has 0 aliphatic carbocycles. The molecule has 0 fully saturated rings. The number of fused-ring (bicyclic) bond motifs is 1. The van der Waals surface area contributed by atoms with Crippen LogP contribution in [-0.2, 0) is 17.8 Å². The number of ether oxygens (including phenoxy) is 3. The van der Waals surface area contributed by atoms with Gasteiger partial charge in [0, 0.05) is 30.3 Å². The van der Waals surface area contributed by atoms with E-state index in [-0.39, 0.29) is 25.5 Å². The minimum atomic E-state index is -2.95. The number of hydrogen-bond donors (Lipinski definition) is 2. The quantitative estimate of drug-likeness (QED) is 0.744. The van der Waals surface area contributed by atoms with Gasteiger partial charge in [-0.05, 0) is 30.2 Å². The summed E-state index contributed by atoms with van der Waals surface area (Å²) in [6.45, 7) is -2.69. The first-order valence-corrected chi connectivity index (χ1v) is 7.93. The molecule has 0 radical (unpaired) electrons. The first kappa shape index (κ1) is 17.8. The second kappa shape index (κ2) is 7.90. The Morgan fingerprint density at radius 2 is 2.00 bits per heavy atom. The van der Waals surface area contributed by atoms with Crippen molar-refractivity contribution in [2.75, 3.05) is 12.1 Å². The number of alkyl halides is 2. The maximum Gasteiger partial charge on any atom is 0.387 e. The van der Waals surface area contributed by atoms with Crippen molar-refractivity contribution in [3.63, 3.8) is 0 Å². The first-order valence-electron chi connectivity index (χ1n) is 7.93. The van der Waals surface area contributed by atoms with Crippen molar-refractivity contribution in [3.05, 3.63) is 47.5 Å². The number of aliphatic carboxylic acids is 1. The molecular weight excluding hydrogens is 348 g/mol. The van der Waals surface area contributed by atoms with Crippen molar-refractivity contribution < 1.29 is 32.9 Å². The smallest absolute Gasteiger partial charge is 0.387 e. The standard InChI is InChI=1S/C18H17F2NO5/c19-18(20)26-14-8-16-15(24-10-25-16)7-12(14)9-21-13-3-1-2-11(6-13)4-5-17(22)23/h1-3,6-8,18,21H,4-5,9-10H2,(H,22,23). The van der Waals surface area contributed by atoms with Gasteiger partial charge in [0.1, 0.15) is 5.75 Å². The predicted octanol–water partition coefficient (Wildman–Crippen LogP) is 3.65. The molecule has 1 aliphatic rings. The van der Waals surface area contributed by atoms with E-state index in [1.807, 2.05) is 18.2 Å². The van der Waals surface area contributed by atoms with Crippen molar-refractivity contribution in [2.24, 2.45) is 0 Å². The molecule has 1 heterocycles. The second-order valence-electron chi connectivity index (χ2n) is 5.64. The van der Waals surface area contributed by atoms with Gasteiger partial charge in [-0.2, -0.15) is 8.78 Å². The Morgan fingerprint density at radius 3 is 2.73 bits per heavy atom. The van der Waals surface area contributed by atoms with E-state index >= 15 is 0 Å². The Hall–Kier alpha value is -3.03. The summed E-state index contributed by atoms with van der Waals surface area (Å²) in [4.78, 5) is 10.7. The van der Waals surface area contributed by atoms with Crippen molar-refractivity contribution in [1.82, 2.24) is 0 Å². The zero-order valence-electron chi connectivity index (χ0n) is 13.7. The molecule has 2 N–H and O–H groups in total. The number of carbonyl (C=O) groups is 1. The maximum absolute atomic E-state index is 12.7. The van der Waals surface area contributed by atoms with Crippen LogP contribution in [0.4, 0.5) is 14.5 Å². The fourth-order valence-corrected chi connectivity index (χ4v) is 2.59. The molecule has 0 aromatic heterocycles. The highest BCUT2D eigenvalue weighted by Crippen LogP contribution is 2.39. The van der Waals surface area contributed by atoms with Crippen LogP contribution in [0, 0.1) is 0 Å². The van der Waals surface area contributed by atoms with E-state index in [1.165, 1.54) is 6.07 Å². The average molecular weight is 365 g/mol. The highest BCUT2D eigenvalue weighted by molar-refractivity contribution is 5.67. The van der Waals surface area contributed by atoms with Crippen LogP contribution < -0.4 is 19.5 Å². The molecule has 138 valence electrons. The molecule has 2 aromatic rings. The lowest BCUT2D eigenvalue weighted by Gasteiger charge is -2.14. The van der Waals surface area contributed by atoms with E-state index in [0.717, 1.165) is 11.3 Å². The van der Waals surface area contributed by atoms with Gasteiger partial charge in [0.2, 0.25) is 6.79 Å². The summed E-state index contributed by atoms with van der Waals surface area (Å²) in [7, 11) is 0. The number of nitrogens with one attached hydrogen (secondary N) is 1. The van der Waals surface area contributed by atoms with Crippen LogP contribution in [0.3, 0.4) is 0 Å².